The standard InChI is InChI=1S/C14H22N2OS.ClH/c1-4-18-9-11-5-7-12(8-6-11)13(17)16-10-14(2,3)15;/h5-8H,4,9-10,15H2,1-3H3,(H,16,17);1H. The molecule has 0 aromatic heterocycles. The van der Waals surface area contributed by atoms with Gasteiger partial charge in [0.25, 0.3) is 5.91 Å². The zero-order chi connectivity index (χ0) is 13.6. The molecule has 0 bridgehead atoms. The number of halogens is 1. The Kier molecular flexibility index (Phi) is 8.14. The predicted molar refractivity (Wildman–Crippen MR) is 86.1 cm³/mol. The molecule has 0 saturated heterocycles. The fraction of sp³-hybridized carbons (Fsp3) is 0.500. The van der Waals surface area contributed by atoms with E-state index >= 15 is 0 Å². The van der Waals surface area contributed by atoms with Crippen LogP contribution >= 0.6 is 24.2 Å². The van der Waals surface area contributed by atoms with E-state index in [1.165, 1.54) is 5.56 Å². The molecule has 1 amide bonds. The fourth-order valence-electron chi connectivity index (χ4n) is 1.38. The number of hydrogen-bond donors (Lipinski definition) is 2. The van der Waals surface area contributed by atoms with Crippen LogP contribution in [0, 0.1) is 0 Å². The number of benzene rings is 1. The Hall–Kier alpha value is -0.710. The SMILES string of the molecule is CCSCc1ccc(C(=O)NCC(C)(C)N)cc1.Cl. The minimum atomic E-state index is -0.382. The molecule has 0 unspecified atom stereocenters. The number of carbonyl (C=O) groups excluding carboxylic acids is 1. The third-order valence-electron chi connectivity index (χ3n) is 2.39. The van der Waals surface area contributed by atoms with Crippen LogP contribution in [0.5, 0.6) is 0 Å². The molecule has 5 heteroatoms. The average molecular weight is 303 g/mol. The summed E-state index contributed by atoms with van der Waals surface area (Å²) < 4.78 is 0. The molecule has 19 heavy (non-hydrogen) atoms. The predicted octanol–water partition coefficient (Wildman–Crippen LogP) is 2.83. The lowest BCUT2D eigenvalue weighted by molar-refractivity contribution is 0.0946. The maximum absolute atomic E-state index is 11.8. The second kappa shape index (κ2) is 8.46. The second-order valence-electron chi connectivity index (χ2n) is 5.01. The van der Waals surface area contributed by atoms with Crippen LogP contribution in [0.15, 0.2) is 24.3 Å². The van der Waals surface area contributed by atoms with Crippen LogP contribution in [0.2, 0.25) is 0 Å². The van der Waals surface area contributed by atoms with E-state index in [-0.39, 0.29) is 23.9 Å². The van der Waals surface area contributed by atoms with Crippen LogP contribution in [-0.2, 0) is 5.75 Å². The van der Waals surface area contributed by atoms with Crippen LogP contribution in [0.3, 0.4) is 0 Å². The Bertz CT molecular complexity index is 387. The molecule has 1 aromatic rings. The highest BCUT2D eigenvalue weighted by Crippen LogP contribution is 2.12. The largest absolute Gasteiger partial charge is 0.350 e. The molecule has 0 radical (unpaired) electrons. The first kappa shape index (κ1) is 18.3. The maximum atomic E-state index is 11.8. The Morgan fingerprint density at radius 1 is 1.32 bits per heavy atom. The molecule has 1 aromatic carbocycles. The van der Waals surface area contributed by atoms with E-state index in [4.69, 9.17) is 5.73 Å². The van der Waals surface area contributed by atoms with Crippen LogP contribution in [0.1, 0.15) is 36.7 Å². The van der Waals surface area contributed by atoms with Gasteiger partial charge in [-0.15, -0.1) is 12.4 Å². The average Bonchev–Trinajstić information content (AvgIpc) is 2.33. The third kappa shape index (κ3) is 7.45. The van der Waals surface area contributed by atoms with Gasteiger partial charge in [0.1, 0.15) is 0 Å². The number of hydrogen-bond acceptors (Lipinski definition) is 3. The molecule has 3 N–H and O–H groups in total. The van der Waals surface area contributed by atoms with Gasteiger partial charge in [0.15, 0.2) is 0 Å². The molecule has 0 heterocycles. The number of nitrogens with one attached hydrogen (secondary N) is 1. The van der Waals surface area contributed by atoms with Crippen molar-refractivity contribution >= 4 is 30.1 Å². The molecule has 3 nitrogen and oxygen atoms in total. The van der Waals surface area contributed by atoms with Crippen molar-refractivity contribution in [2.24, 2.45) is 5.73 Å². The monoisotopic (exact) mass is 302 g/mol. The van der Waals surface area contributed by atoms with Gasteiger partial charge in [-0.05, 0) is 37.3 Å². The fourth-order valence-corrected chi connectivity index (χ4v) is 2.01. The van der Waals surface area contributed by atoms with Gasteiger partial charge in [-0.25, -0.2) is 0 Å². The van der Waals surface area contributed by atoms with Crippen molar-refractivity contribution in [1.29, 1.82) is 0 Å². The van der Waals surface area contributed by atoms with E-state index in [9.17, 15) is 4.79 Å². The molecule has 0 fully saturated rings. The molecule has 1 rings (SSSR count). The van der Waals surface area contributed by atoms with E-state index in [1.807, 2.05) is 49.9 Å². The first-order valence-electron chi connectivity index (χ1n) is 6.16. The quantitative estimate of drug-likeness (QED) is 0.849. The highest BCUT2D eigenvalue weighted by atomic mass is 35.5. The number of nitrogens with two attached hydrogens (primary N) is 1. The minimum Gasteiger partial charge on any atom is -0.350 e. The molecule has 0 aliphatic carbocycles. The van der Waals surface area contributed by atoms with E-state index < -0.39 is 0 Å². The zero-order valence-electron chi connectivity index (χ0n) is 11.7. The van der Waals surface area contributed by atoms with Crippen molar-refractivity contribution in [3.63, 3.8) is 0 Å². The van der Waals surface area contributed by atoms with Crippen molar-refractivity contribution in [3.8, 4) is 0 Å². The lowest BCUT2D eigenvalue weighted by Crippen LogP contribution is -2.45. The Morgan fingerprint density at radius 2 is 1.89 bits per heavy atom. The van der Waals surface area contributed by atoms with E-state index in [0.29, 0.717) is 12.1 Å². The third-order valence-corrected chi connectivity index (χ3v) is 3.34. The maximum Gasteiger partial charge on any atom is 0.251 e. The normalized spacial score (nSPS) is 10.7. The van der Waals surface area contributed by atoms with Gasteiger partial charge < -0.3 is 11.1 Å². The summed E-state index contributed by atoms with van der Waals surface area (Å²) in [7, 11) is 0. The van der Waals surface area contributed by atoms with Gasteiger partial charge in [0.05, 0.1) is 0 Å². The van der Waals surface area contributed by atoms with Crippen molar-refractivity contribution in [2.75, 3.05) is 12.3 Å². The van der Waals surface area contributed by atoms with Crippen molar-refractivity contribution in [2.45, 2.75) is 32.1 Å². The Balaban J connectivity index is 0.00000324. The van der Waals surface area contributed by atoms with Gasteiger partial charge >= 0.3 is 0 Å². The summed E-state index contributed by atoms with van der Waals surface area (Å²) in [6, 6.07) is 7.74. The number of rotatable bonds is 6. The summed E-state index contributed by atoms with van der Waals surface area (Å²) in [5.74, 6) is 2.03. The summed E-state index contributed by atoms with van der Waals surface area (Å²) >= 11 is 1.87. The Morgan fingerprint density at radius 3 is 2.37 bits per heavy atom. The smallest absolute Gasteiger partial charge is 0.251 e. The van der Waals surface area contributed by atoms with E-state index in [1.54, 1.807) is 0 Å². The molecule has 0 aliphatic heterocycles. The van der Waals surface area contributed by atoms with Gasteiger partial charge in [0.2, 0.25) is 0 Å². The molecular formula is C14H23ClN2OS. The van der Waals surface area contributed by atoms with Gasteiger partial charge in [-0.1, -0.05) is 19.1 Å². The summed E-state index contributed by atoms with van der Waals surface area (Å²) in [6.45, 7) is 6.39. The molecule has 0 atom stereocenters. The van der Waals surface area contributed by atoms with Gasteiger partial charge in [-0.3, -0.25) is 4.79 Å². The molecular weight excluding hydrogens is 280 g/mol. The second-order valence-corrected chi connectivity index (χ2v) is 6.28. The molecule has 0 saturated carbocycles. The van der Waals surface area contributed by atoms with Gasteiger partial charge in [0, 0.05) is 23.4 Å². The van der Waals surface area contributed by atoms with Crippen LogP contribution < -0.4 is 11.1 Å². The van der Waals surface area contributed by atoms with Crippen molar-refractivity contribution < 1.29 is 4.79 Å². The highest BCUT2D eigenvalue weighted by molar-refractivity contribution is 7.98. The summed E-state index contributed by atoms with van der Waals surface area (Å²) in [4.78, 5) is 11.8. The topological polar surface area (TPSA) is 55.1 Å². The molecule has 0 spiro atoms. The number of amides is 1. The van der Waals surface area contributed by atoms with Crippen LogP contribution in [-0.4, -0.2) is 23.7 Å². The number of thioether (sulfide) groups is 1. The van der Waals surface area contributed by atoms with Crippen LogP contribution in [0.4, 0.5) is 0 Å². The summed E-state index contributed by atoms with van der Waals surface area (Å²) in [5.41, 5.74) is 7.37. The van der Waals surface area contributed by atoms with Gasteiger partial charge in [-0.2, -0.15) is 11.8 Å². The first-order valence-corrected chi connectivity index (χ1v) is 7.31. The molecule has 108 valence electrons. The highest BCUT2D eigenvalue weighted by Gasteiger charge is 2.13. The van der Waals surface area contributed by atoms with Crippen molar-refractivity contribution in [1.82, 2.24) is 5.32 Å². The summed E-state index contributed by atoms with van der Waals surface area (Å²) in [5, 5.41) is 2.83. The zero-order valence-corrected chi connectivity index (χ0v) is 13.4. The first-order chi connectivity index (χ1) is 8.42. The number of carbonyl (C=O) groups is 1. The molecule has 0 aliphatic rings. The lowest BCUT2D eigenvalue weighted by atomic mass is 10.1. The lowest BCUT2D eigenvalue weighted by Gasteiger charge is -2.18. The summed E-state index contributed by atoms with van der Waals surface area (Å²) in [6.07, 6.45) is 0. The van der Waals surface area contributed by atoms with E-state index in [2.05, 4.69) is 12.2 Å². The Labute approximate surface area is 126 Å². The van der Waals surface area contributed by atoms with Crippen molar-refractivity contribution in [3.05, 3.63) is 35.4 Å². The van der Waals surface area contributed by atoms with E-state index in [0.717, 1.165) is 11.5 Å². The minimum absolute atomic E-state index is 0. The van der Waals surface area contributed by atoms with Crippen LogP contribution in [0.25, 0.3) is 0 Å².